The van der Waals surface area contributed by atoms with Gasteiger partial charge >= 0.3 is 0 Å². The second kappa shape index (κ2) is 7.69. The lowest BCUT2D eigenvalue weighted by Gasteiger charge is -2.18. The molecule has 2 rings (SSSR count). The summed E-state index contributed by atoms with van der Waals surface area (Å²) < 4.78 is 1.87. The quantitative estimate of drug-likeness (QED) is 0.740. The highest BCUT2D eigenvalue weighted by molar-refractivity contribution is 5.18. The van der Waals surface area contributed by atoms with E-state index in [-0.39, 0.29) is 0 Å². The number of rotatable bonds is 8. The number of aromatic nitrogens is 3. The molecule has 4 nitrogen and oxygen atoms in total. The Labute approximate surface area is 114 Å². The summed E-state index contributed by atoms with van der Waals surface area (Å²) in [4.78, 5) is 0. The third kappa shape index (κ3) is 4.48. The third-order valence-electron chi connectivity index (χ3n) is 3.21. The lowest BCUT2D eigenvalue weighted by atomic mass is 10.0. The molecule has 4 heteroatoms. The van der Waals surface area contributed by atoms with Crippen molar-refractivity contribution < 1.29 is 0 Å². The average Bonchev–Trinajstić information content (AvgIpc) is 2.96. The van der Waals surface area contributed by atoms with E-state index < -0.39 is 0 Å². The highest BCUT2D eigenvalue weighted by Gasteiger charge is 2.08. The predicted octanol–water partition coefficient (Wildman–Crippen LogP) is 2.80. The second-order valence-electron chi connectivity index (χ2n) is 4.73. The smallest absolute Gasteiger partial charge is 0.0692 e. The minimum absolute atomic E-state index is 0.460. The molecule has 1 unspecified atom stereocenters. The molecule has 0 spiro atoms. The molecule has 1 atom stereocenters. The van der Waals surface area contributed by atoms with Crippen molar-refractivity contribution in [1.82, 2.24) is 20.3 Å². The molecule has 0 amide bonds. The SMILES string of the molecule is CCCC(NCCCn1ccnn1)c1ccccc1. The van der Waals surface area contributed by atoms with Crippen LogP contribution in [0.2, 0.25) is 0 Å². The van der Waals surface area contributed by atoms with Crippen LogP contribution in [0.1, 0.15) is 37.8 Å². The van der Waals surface area contributed by atoms with Crippen molar-refractivity contribution in [2.75, 3.05) is 6.54 Å². The first-order valence-corrected chi connectivity index (χ1v) is 7.02. The second-order valence-corrected chi connectivity index (χ2v) is 4.73. The van der Waals surface area contributed by atoms with Gasteiger partial charge in [0.05, 0.1) is 6.20 Å². The van der Waals surface area contributed by atoms with E-state index in [4.69, 9.17) is 0 Å². The largest absolute Gasteiger partial charge is 0.310 e. The van der Waals surface area contributed by atoms with Crippen LogP contribution in [0.15, 0.2) is 42.7 Å². The molecule has 0 radical (unpaired) electrons. The summed E-state index contributed by atoms with van der Waals surface area (Å²) in [6.45, 7) is 4.15. The lowest BCUT2D eigenvalue weighted by Crippen LogP contribution is -2.23. The van der Waals surface area contributed by atoms with Gasteiger partial charge in [-0.25, -0.2) is 0 Å². The van der Waals surface area contributed by atoms with Crippen molar-refractivity contribution in [3.63, 3.8) is 0 Å². The molecular formula is C15H22N4. The van der Waals surface area contributed by atoms with E-state index in [1.54, 1.807) is 6.20 Å². The van der Waals surface area contributed by atoms with Crippen LogP contribution in [0.5, 0.6) is 0 Å². The van der Waals surface area contributed by atoms with Crippen molar-refractivity contribution in [2.45, 2.75) is 38.8 Å². The van der Waals surface area contributed by atoms with Crippen molar-refractivity contribution in [3.8, 4) is 0 Å². The molecule has 1 heterocycles. The summed E-state index contributed by atoms with van der Waals surface area (Å²) in [6, 6.07) is 11.1. The number of benzene rings is 1. The molecule has 102 valence electrons. The molecule has 0 saturated carbocycles. The van der Waals surface area contributed by atoms with Crippen LogP contribution < -0.4 is 5.32 Å². The van der Waals surface area contributed by atoms with Crippen LogP contribution in [0, 0.1) is 0 Å². The molecule has 1 N–H and O–H groups in total. The van der Waals surface area contributed by atoms with Gasteiger partial charge in [-0.3, -0.25) is 4.68 Å². The van der Waals surface area contributed by atoms with Crippen LogP contribution >= 0.6 is 0 Å². The maximum atomic E-state index is 3.97. The molecule has 0 fully saturated rings. The predicted molar refractivity (Wildman–Crippen MR) is 76.7 cm³/mol. The van der Waals surface area contributed by atoms with E-state index in [1.165, 1.54) is 18.4 Å². The highest BCUT2D eigenvalue weighted by Crippen LogP contribution is 2.17. The minimum atomic E-state index is 0.460. The summed E-state index contributed by atoms with van der Waals surface area (Å²) in [5, 5.41) is 11.4. The van der Waals surface area contributed by atoms with Gasteiger partial charge < -0.3 is 5.32 Å². The van der Waals surface area contributed by atoms with Crippen LogP contribution in [-0.2, 0) is 6.54 Å². The number of nitrogens with one attached hydrogen (secondary N) is 1. The van der Waals surface area contributed by atoms with Gasteiger partial charge in [-0.15, -0.1) is 5.10 Å². The zero-order valence-electron chi connectivity index (χ0n) is 11.5. The monoisotopic (exact) mass is 258 g/mol. The number of aryl methyl sites for hydroxylation is 1. The van der Waals surface area contributed by atoms with Crippen LogP contribution in [0.3, 0.4) is 0 Å². The summed E-state index contributed by atoms with van der Waals surface area (Å²) in [6.07, 6.45) is 7.05. The fourth-order valence-electron chi connectivity index (χ4n) is 2.23. The van der Waals surface area contributed by atoms with E-state index in [0.29, 0.717) is 6.04 Å². The molecule has 0 saturated heterocycles. The molecule has 0 aliphatic carbocycles. The minimum Gasteiger partial charge on any atom is -0.310 e. The Morgan fingerprint density at radius 3 is 2.79 bits per heavy atom. The van der Waals surface area contributed by atoms with Gasteiger partial charge in [-0.05, 0) is 24.9 Å². The van der Waals surface area contributed by atoms with E-state index in [9.17, 15) is 0 Å². The van der Waals surface area contributed by atoms with Crippen molar-refractivity contribution in [3.05, 3.63) is 48.3 Å². The van der Waals surface area contributed by atoms with E-state index in [1.807, 2.05) is 10.9 Å². The Kier molecular flexibility index (Phi) is 5.56. The fourth-order valence-corrected chi connectivity index (χ4v) is 2.23. The molecule has 2 aromatic rings. The van der Waals surface area contributed by atoms with Gasteiger partial charge in [-0.1, -0.05) is 48.9 Å². The molecule has 1 aromatic carbocycles. The fraction of sp³-hybridized carbons (Fsp3) is 0.467. The molecule has 0 aliphatic rings. The summed E-state index contributed by atoms with van der Waals surface area (Å²) in [5.41, 5.74) is 1.38. The molecular weight excluding hydrogens is 236 g/mol. The van der Waals surface area contributed by atoms with Crippen LogP contribution in [0.25, 0.3) is 0 Å². The van der Waals surface area contributed by atoms with E-state index in [2.05, 4.69) is 52.9 Å². The molecule has 0 aliphatic heterocycles. The molecule has 19 heavy (non-hydrogen) atoms. The number of hydrogen-bond donors (Lipinski definition) is 1. The van der Waals surface area contributed by atoms with Gasteiger partial charge in [-0.2, -0.15) is 0 Å². The van der Waals surface area contributed by atoms with Gasteiger partial charge in [0.25, 0.3) is 0 Å². The Morgan fingerprint density at radius 1 is 1.26 bits per heavy atom. The molecule has 1 aromatic heterocycles. The summed E-state index contributed by atoms with van der Waals surface area (Å²) >= 11 is 0. The van der Waals surface area contributed by atoms with Gasteiger partial charge in [0.2, 0.25) is 0 Å². The summed E-state index contributed by atoms with van der Waals surface area (Å²) in [7, 11) is 0. The topological polar surface area (TPSA) is 42.7 Å². The Balaban J connectivity index is 1.77. The van der Waals surface area contributed by atoms with Gasteiger partial charge in [0.1, 0.15) is 0 Å². The normalized spacial score (nSPS) is 12.5. The number of hydrogen-bond acceptors (Lipinski definition) is 3. The zero-order chi connectivity index (χ0) is 13.3. The Bertz CT molecular complexity index is 438. The van der Waals surface area contributed by atoms with Crippen molar-refractivity contribution >= 4 is 0 Å². The number of nitrogens with zero attached hydrogens (tertiary/aromatic N) is 3. The Hall–Kier alpha value is -1.68. The highest BCUT2D eigenvalue weighted by atomic mass is 15.4. The first-order chi connectivity index (χ1) is 9.40. The standard InChI is InChI=1S/C15H22N4/c1-2-7-15(14-8-4-3-5-9-14)16-10-6-12-19-13-11-17-18-19/h3-5,8-9,11,13,15-16H,2,6-7,10,12H2,1H3. The zero-order valence-corrected chi connectivity index (χ0v) is 11.5. The van der Waals surface area contributed by atoms with Crippen molar-refractivity contribution in [1.29, 1.82) is 0 Å². The van der Waals surface area contributed by atoms with E-state index >= 15 is 0 Å². The average molecular weight is 258 g/mol. The third-order valence-corrected chi connectivity index (χ3v) is 3.21. The van der Waals surface area contributed by atoms with Crippen LogP contribution in [0.4, 0.5) is 0 Å². The first-order valence-electron chi connectivity index (χ1n) is 7.02. The van der Waals surface area contributed by atoms with E-state index in [0.717, 1.165) is 19.5 Å². The van der Waals surface area contributed by atoms with Crippen molar-refractivity contribution in [2.24, 2.45) is 0 Å². The summed E-state index contributed by atoms with van der Waals surface area (Å²) in [5.74, 6) is 0. The Morgan fingerprint density at radius 2 is 2.11 bits per heavy atom. The maximum absolute atomic E-state index is 3.97. The lowest BCUT2D eigenvalue weighted by molar-refractivity contribution is 0.461. The van der Waals surface area contributed by atoms with Gasteiger partial charge in [0.15, 0.2) is 0 Å². The molecule has 0 bridgehead atoms. The van der Waals surface area contributed by atoms with Crippen LogP contribution in [-0.4, -0.2) is 21.5 Å². The first kappa shape index (κ1) is 13.7. The van der Waals surface area contributed by atoms with Gasteiger partial charge in [0, 0.05) is 18.8 Å². The maximum Gasteiger partial charge on any atom is 0.0692 e.